The van der Waals surface area contributed by atoms with E-state index in [0.717, 1.165) is 24.2 Å². The molecule has 3 heteroatoms. The van der Waals surface area contributed by atoms with E-state index in [1.807, 2.05) is 61.5 Å². The summed E-state index contributed by atoms with van der Waals surface area (Å²) < 4.78 is 0. The highest BCUT2D eigenvalue weighted by atomic mass is 16.2. The first-order valence-electron chi connectivity index (χ1n) is 8.46. The number of carbonyl (C=O) groups is 1. The van der Waals surface area contributed by atoms with Crippen LogP contribution in [0.3, 0.4) is 0 Å². The zero-order valence-electron chi connectivity index (χ0n) is 14.1. The number of anilines is 1. The van der Waals surface area contributed by atoms with Gasteiger partial charge in [-0.25, -0.2) is 0 Å². The molecule has 2 aromatic carbocycles. The number of hydrogen-bond acceptors (Lipinski definition) is 1. The minimum absolute atomic E-state index is 0.0385. The molecule has 23 heavy (non-hydrogen) atoms. The van der Waals surface area contributed by atoms with Gasteiger partial charge in [-0.2, -0.15) is 0 Å². The van der Waals surface area contributed by atoms with Gasteiger partial charge >= 0.3 is 0 Å². The Hall–Kier alpha value is -2.13. The van der Waals surface area contributed by atoms with Gasteiger partial charge in [0.2, 0.25) is 0 Å². The number of aryl methyl sites for hydroxylation is 1. The molecule has 0 heterocycles. The maximum Gasteiger partial charge on any atom is 0.287 e. The predicted molar refractivity (Wildman–Crippen MR) is 95.3 cm³/mol. The van der Waals surface area contributed by atoms with Crippen LogP contribution in [0, 0.1) is 6.92 Å². The molecule has 0 unspecified atom stereocenters. The van der Waals surface area contributed by atoms with Crippen LogP contribution >= 0.6 is 0 Å². The second-order valence-electron chi connectivity index (χ2n) is 5.98. The van der Waals surface area contributed by atoms with Crippen molar-refractivity contribution in [2.75, 3.05) is 11.9 Å². The van der Waals surface area contributed by atoms with E-state index in [1.54, 1.807) is 0 Å². The number of rotatable bonds is 8. The van der Waals surface area contributed by atoms with Gasteiger partial charge in [-0.15, -0.1) is 0 Å². The van der Waals surface area contributed by atoms with E-state index >= 15 is 0 Å². The van der Waals surface area contributed by atoms with Crippen molar-refractivity contribution in [3.8, 4) is 0 Å². The first-order chi connectivity index (χ1) is 11.2. The average molecular weight is 311 g/mol. The molecule has 0 bridgehead atoms. The Bertz CT molecular complexity index is 593. The van der Waals surface area contributed by atoms with Gasteiger partial charge in [0.15, 0.2) is 6.04 Å². The van der Waals surface area contributed by atoms with Crippen molar-refractivity contribution in [1.82, 2.24) is 0 Å². The van der Waals surface area contributed by atoms with Crippen LogP contribution in [-0.2, 0) is 4.79 Å². The Balaban J connectivity index is 2.05. The molecular weight excluding hydrogens is 284 g/mol. The van der Waals surface area contributed by atoms with Crippen molar-refractivity contribution in [3.63, 3.8) is 0 Å². The van der Waals surface area contributed by atoms with E-state index in [-0.39, 0.29) is 11.9 Å². The van der Waals surface area contributed by atoms with E-state index in [0.29, 0.717) is 0 Å². The molecule has 3 N–H and O–H groups in total. The van der Waals surface area contributed by atoms with Gasteiger partial charge in [0, 0.05) is 11.3 Å². The minimum Gasteiger partial charge on any atom is -0.332 e. The van der Waals surface area contributed by atoms with Crippen molar-refractivity contribution in [3.05, 3.63) is 65.7 Å². The fraction of sp³-hybridized carbons (Fsp3) is 0.350. The SMILES string of the molecule is CCCCC[NH2+][C@H](C(=O)Nc1ccc(C)cc1)c1ccccc1. The lowest BCUT2D eigenvalue weighted by molar-refractivity contribution is -0.682. The molecule has 0 spiro atoms. The van der Waals surface area contributed by atoms with Gasteiger partial charge in [-0.05, 0) is 31.9 Å². The maximum absolute atomic E-state index is 12.7. The smallest absolute Gasteiger partial charge is 0.287 e. The molecule has 1 amide bonds. The van der Waals surface area contributed by atoms with Gasteiger partial charge in [0.05, 0.1) is 6.54 Å². The van der Waals surface area contributed by atoms with Crippen molar-refractivity contribution in [1.29, 1.82) is 0 Å². The topological polar surface area (TPSA) is 45.7 Å². The zero-order valence-corrected chi connectivity index (χ0v) is 14.1. The summed E-state index contributed by atoms with van der Waals surface area (Å²) in [5.41, 5.74) is 3.09. The van der Waals surface area contributed by atoms with Crippen molar-refractivity contribution in [2.45, 2.75) is 39.2 Å². The molecule has 0 aliphatic heterocycles. The Labute approximate surface area is 139 Å². The van der Waals surface area contributed by atoms with Crippen LogP contribution in [0.5, 0.6) is 0 Å². The number of benzene rings is 2. The second kappa shape index (κ2) is 9.11. The quantitative estimate of drug-likeness (QED) is 0.721. The van der Waals surface area contributed by atoms with E-state index in [9.17, 15) is 4.79 Å². The van der Waals surface area contributed by atoms with Gasteiger partial charge in [0.25, 0.3) is 5.91 Å². The van der Waals surface area contributed by atoms with E-state index in [4.69, 9.17) is 0 Å². The molecule has 1 atom stereocenters. The minimum atomic E-state index is -0.200. The summed E-state index contributed by atoms with van der Waals surface area (Å²) >= 11 is 0. The van der Waals surface area contributed by atoms with Crippen LogP contribution in [0.15, 0.2) is 54.6 Å². The maximum atomic E-state index is 12.7. The Morgan fingerprint density at radius 2 is 1.74 bits per heavy atom. The highest BCUT2D eigenvalue weighted by molar-refractivity contribution is 5.94. The first-order valence-corrected chi connectivity index (χ1v) is 8.46. The molecule has 2 aromatic rings. The molecule has 0 saturated heterocycles. The van der Waals surface area contributed by atoms with Gasteiger partial charge < -0.3 is 10.6 Å². The van der Waals surface area contributed by atoms with Gasteiger partial charge in [-0.1, -0.05) is 61.4 Å². The number of nitrogens with two attached hydrogens (primary N) is 1. The molecule has 3 nitrogen and oxygen atoms in total. The predicted octanol–water partition coefficient (Wildman–Crippen LogP) is 3.43. The Kier molecular flexibility index (Phi) is 6.82. The summed E-state index contributed by atoms with van der Waals surface area (Å²) in [6.45, 7) is 5.20. The summed E-state index contributed by atoms with van der Waals surface area (Å²) in [4.78, 5) is 12.7. The van der Waals surface area contributed by atoms with Gasteiger partial charge in [-0.3, -0.25) is 4.79 Å². The van der Waals surface area contributed by atoms with Crippen LogP contribution < -0.4 is 10.6 Å². The first kappa shape index (κ1) is 17.2. The largest absolute Gasteiger partial charge is 0.332 e. The highest BCUT2D eigenvalue weighted by Gasteiger charge is 2.23. The molecule has 0 saturated carbocycles. The Morgan fingerprint density at radius 1 is 1.04 bits per heavy atom. The summed E-state index contributed by atoms with van der Waals surface area (Å²) in [6.07, 6.45) is 3.54. The number of amides is 1. The van der Waals surface area contributed by atoms with Crippen LogP contribution in [0.2, 0.25) is 0 Å². The molecule has 0 aromatic heterocycles. The normalized spacial score (nSPS) is 11.9. The third-order valence-electron chi connectivity index (χ3n) is 3.97. The Morgan fingerprint density at radius 3 is 2.39 bits per heavy atom. The molecule has 0 radical (unpaired) electrons. The molecule has 0 fully saturated rings. The van der Waals surface area contributed by atoms with Crippen molar-refractivity contribution >= 4 is 11.6 Å². The van der Waals surface area contributed by atoms with Crippen molar-refractivity contribution in [2.24, 2.45) is 0 Å². The average Bonchev–Trinajstić information content (AvgIpc) is 2.58. The number of carbonyl (C=O) groups excluding carboxylic acids is 1. The third kappa shape index (κ3) is 5.53. The number of unbranched alkanes of at least 4 members (excludes halogenated alkanes) is 2. The highest BCUT2D eigenvalue weighted by Crippen LogP contribution is 2.14. The third-order valence-corrected chi connectivity index (χ3v) is 3.97. The lowest BCUT2D eigenvalue weighted by Crippen LogP contribution is -2.87. The van der Waals surface area contributed by atoms with Crippen LogP contribution in [0.4, 0.5) is 5.69 Å². The molecule has 0 aliphatic carbocycles. The molecule has 122 valence electrons. The number of nitrogens with one attached hydrogen (secondary N) is 1. The summed E-state index contributed by atoms with van der Waals surface area (Å²) in [7, 11) is 0. The summed E-state index contributed by atoms with van der Waals surface area (Å²) in [6, 6.07) is 17.7. The standard InChI is InChI=1S/C20H26N2O/c1-3-4-8-15-21-19(17-9-6-5-7-10-17)20(23)22-18-13-11-16(2)12-14-18/h5-7,9-14,19,21H,3-4,8,15H2,1-2H3,(H,22,23)/p+1/t19-/m0/s1. The van der Waals surface area contributed by atoms with Crippen molar-refractivity contribution < 1.29 is 10.1 Å². The van der Waals surface area contributed by atoms with Crippen LogP contribution in [0.25, 0.3) is 0 Å². The molecule has 0 aliphatic rings. The monoisotopic (exact) mass is 311 g/mol. The fourth-order valence-corrected chi connectivity index (χ4v) is 2.59. The zero-order chi connectivity index (χ0) is 16.5. The molecule has 2 rings (SSSR count). The second-order valence-corrected chi connectivity index (χ2v) is 5.98. The summed E-state index contributed by atoms with van der Waals surface area (Å²) in [5, 5.41) is 5.19. The summed E-state index contributed by atoms with van der Waals surface area (Å²) in [5.74, 6) is 0.0385. The van der Waals surface area contributed by atoms with E-state index in [2.05, 4.69) is 17.6 Å². The van der Waals surface area contributed by atoms with E-state index < -0.39 is 0 Å². The number of hydrogen-bond donors (Lipinski definition) is 2. The van der Waals surface area contributed by atoms with Crippen LogP contribution in [0.1, 0.15) is 43.4 Å². The lowest BCUT2D eigenvalue weighted by atomic mass is 10.1. The molecular formula is C20H27N2O+. The fourth-order valence-electron chi connectivity index (χ4n) is 2.59. The van der Waals surface area contributed by atoms with E-state index in [1.165, 1.54) is 18.4 Å². The van der Waals surface area contributed by atoms with Crippen LogP contribution in [-0.4, -0.2) is 12.5 Å². The number of quaternary nitrogens is 1. The lowest BCUT2D eigenvalue weighted by Gasteiger charge is -2.16. The van der Waals surface area contributed by atoms with Gasteiger partial charge in [0.1, 0.15) is 0 Å².